The molecule has 1 heterocycles. The van der Waals surface area contributed by atoms with Crippen molar-refractivity contribution in [3.8, 4) is 0 Å². The van der Waals surface area contributed by atoms with Gasteiger partial charge in [-0.1, -0.05) is 60.7 Å². The van der Waals surface area contributed by atoms with E-state index < -0.39 is 0 Å². The highest BCUT2D eigenvalue weighted by molar-refractivity contribution is 5.14. The van der Waals surface area contributed by atoms with Crippen LogP contribution in [0, 0.1) is 0 Å². The predicted molar refractivity (Wildman–Crippen MR) is 92.1 cm³/mol. The van der Waals surface area contributed by atoms with Crippen LogP contribution in [0.3, 0.4) is 0 Å². The van der Waals surface area contributed by atoms with Crippen molar-refractivity contribution in [1.29, 1.82) is 0 Å². The van der Waals surface area contributed by atoms with E-state index in [9.17, 15) is 0 Å². The van der Waals surface area contributed by atoms with Gasteiger partial charge in [0, 0.05) is 12.6 Å². The third-order valence-electron chi connectivity index (χ3n) is 4.23. The first-order chi connectivity index (χ1) is 11.4. The highest BCUT2D eigenvalue weighted by atomic mass is 16.5. The molecule has 3 nitrogen and oxygen atoms in total. The molecule has 0 spiro atoms. The number of benzene rings is 2. The monoisotopic (exact) mass is 311 g/mol. The Morgan fingerprint density at radius 3 is 2.09 bits per heavy atom. The quantitative estimate of drug-likeness (QED) is 0.848. The summed E-state index contributed by atoms with van der Waals surface area (Å²) >= 11 is 0. The Kier molecular flexibility index (Phi) is 6.21. The van der Waals surface area contributed by atoms with Crippen LogP contribution in [0.25, 0.3) is 0 Å². The molecule has 0 saturated carbocycles. The Balaban J connectivity index is 1.31. The van der Waals surface area contributed by atoms with Gasteiger partial charge >= 0.3 is 0 Å². The van der Waals surface area contributed by atoms with E-state index in [4.69, 9.17) is 9.47 Å². The minimum atomic E-state index is 0.306. The number of ether oxygens (including phenoxy) is 2. The zero-order valence-corrected chi connectivity index (χ0v) is 13.5. The van der Waals surface area contributed by atoms with Gasteiger partial charge in [0.15, 0.2) is 0 Å². The van der Waals surface area contributed by atoms with Crippen molar-refractivity contribution in [3.05, 3.63) is 71.8 Å². The SMILES string of the molecule is c1ccc(COC[C@H]2CC[C@@H](OCc3ccccc3)CN2)cc1. The Bertz CT molecular complexity index is 550. The van der Waals surface area contributed by atoms with Gasteiger partial charge in [0.25, 0.3) is 0 Å². The fraction of sp³-hybridized carbons (Fsp3) is 0.400. The van der Waals surface area contributed by atoms with Crippen molar-refractivity contribution in [2.45, 2.75) is 38.2 Å². The Hall–Kier alpha value is -1.68. The van der Waals surface area contributed by atoms with E-state index in [-0.39, 0.29) is 0 Å². The van der Waals surface area contributed by atoms with Crippen molar-refractivity contribution >= 4 is 0 Å². The second kappa shape index (κ2) is 8.82. The molecular formula is C20H25NO2. The van der Waals surface area contributed by atoms with Gasteiger partial charge < -0.3 is 14.8 Å². The van der Waals surface area contributed by atoms with Crippen LogP contribution >= 0.6 is 0 Å². The lowest BCUT2D eigenvalue weighted by molar-refractivity contribution is 0.00582. The maximum Gasteiger partial charge on any atom is 0.0721 e. The van der Waals surface area contributed by atoms with Crippen LogP contribution in [-0.4, -0.2) is 25.3 Å². The van der Waals surface area contributed by atoms with Gasteiger partial charge in [-0.15, -0.1) is 0 Å². The fourth-order valence-electron chi connectivity index (χ4n) is 2.86. The summed E-state index contributed by atoms with van der Waals surface area (Å²) in [5.41, 5.74) is 2.47. The van der Waals surface area contributed by atoms with Crippen LogP contribution < -0.4 is 5.32 Å². The summed E-state index contributed by atoms with van der Waals surface area (Å²) in [6, 6.07) is 21.1. The number of hydrogen-bond donors (Lipinski definition) is 1. The highest BCUT2D eigenvalue weighted by Gasteiger charge is 2.21. The second-order valence-corrected chi connectivity index (χ2v) is 6.10. The van der Waals surface area contributed by atoms with Crippen LogP contribution in [0.15, 0.2) is 60.7 Å². The third-order valence-corrected chi connectivity index (χ3v) is 4.23. The molecule has 0 unspecified atom stereocenters. The Morgan fingerprint density at radius 2 is 1.48 bits per heavy atom. The maximum atomic E-state index is 5.99. The number of hydrogen-bond acceptors (Lipinski definition) is 3. The van der Waals surface area contributed by atoms with Gasteiger partial charge in [-0.25, -0.2) is 0 Å². The summed E-state index contributed by atoms with van der Waals surface area (Å²) < 4.78 is 11.8. The summed E-state index contributed by atoms with van der Waals surface area (Å²) in [6.07, 6.45) is 2.51. The van der Waals surface area contributed by atoms with E-state index in [1.807, 2.05) is 24.3 Å². The highest BCUT2D eigenvalue weighted by Crippen LogP contribution is 2.14. The van der Waals surface area contributed by atoms with Gasteiger partial charge in [-0.3, -0.25) is 0 Å². The second-order valence-electron chi connectivity index (χ2n) is 6.10. The molecule has 122 valence electrons. The van der Waals surface area contributed by atoms with Crippen molar-refractivity contribution in [2.75, 3.05) is 13.2 Å². The molecule has 0 aliphatic carbocycles. The largest absolute Gasteiger partial charge is 0.375 e. The van der Waals surface area contributed by atoms with Crippen molar-refractivity contribution in [3.63, 3.8) is 0 Å². The molecule has 1 fully saturated rings. The first kappa shape index (κ1) is 16.2. The minimum absolute atomic E-state index is 0.306. The van der Waals surface area contributed by atoms with E-state index in [2.05, 4.69) is 41.7 Å². The molecule has 3 heteroatoms. The number of rotatable bonds is 7. The molecule has 0 amide bonds. The van der Waals surface area contributed by atoms with Crippen LogP contribution in [0.5, 0.6) is 0 Å². The summed E-state index contributed by atoms with van der Waals surface area (Å²) in [5.74, 6) is 0. The van der Waals surface area contributed by atoms with E-state index >= 15 is 0 Å². The van der Waals surface area contributed by atoms with Gasteiger partial charge in [-0.05, 0) is 24.0 Å². The Morgan fingerprint density at radius 1 is 0.826 bits per heavy atom. The topological polar surface area (TPSA) is 30.5 Å². The van der Waals surface area contributed by atoms with E-state index in [0.717, 1.165) is 26.0 Å². The van der Waals surface area contributed by atoms with Gasteiger partial charge in [0.1, 0.15) is 0 Å². The average molecular weight is 311 g/mol. The Labute approximate surface area is 138 Å². The first-order valence-electron chi connectivity index (χ1n) is 8.41. The molecular weight excluding hydrogens is 286 g/mol. The lowest BCUT2D eigenvalue weighted by atomic mass is 10.0. The molecule has 2 aromatic carbocycles. The minimum Gasteiger partial charge on any atom is -0.375 e. The number of nitrogens with one attached hydrogen (secondary N) is 1. The lowest BCUT2D eigenvalue weighted by Crippen LogP contribution is -2.44. The summed E-state index contributed by atoms with van der Waals surface area (Å²) in [6.45, 7) is 3.06. The zero-order valence-electron chi connectivity index (χ0n) is 13.5. The van der Waals surface area contributed by atoms with Gasteiger partial charge in [0.05, 0.1) is 25.9 Å². The van der Waals surface area contributed by atoms with Crippen LogP contribution in [0.1, 0.15) is 24.0 Å². The summed E-state index contributed by atoms with van der Waals surface area (Å²) in [7, 11) is 0. The number of piperidine rings is 1. The van der Waals surface area contributed by atoms with E-state index in [1.54, 1.807) is 0 Å². The first-order valence-corrected chi connectivity index (χ1v) is 8.41. The van der Waals surface area contributed by atoms with Crippen molar-refractivity contribution in [2.24, 2.45) is 0 Å². The molecule has 0 aromatic heterocycles. The molecule has 23 heavy (non-hydrogen) atoms. The average Bonchev–Trinajstić information content (AvgIpc) is 2.63. The summed E-state index contributed by atoms with van der Waals surface area (Å²) in [4.78, 5) is 0. The van der Waals surface area contributed by atoms with Crippen molar-refractivity contribution < 1.29 is 9.47 Å². The predicted octanol–water partition coefficient (Wildman–Crippen LogP) is 3.54. The summed E-state index contributed by atoms with van der Waals surface area (Å²) in [5, 5.41) is 3.54. The van der Waals surface area contributed by atoms with Gasteiger partial charge in [0.2, 0.25) is 0 Å². The molecule has 1 aliphatic rings. The van der Waals surface area contributed by atoms with Crippen LogP contribution in [-0.2, 0) is 22.7 Å². The maximum absolute atomic E-state index is 5.99. The molecule has 1 N–H and O–H groups in total. The smallest absolute Gasteiger partial charge is 0.0721 e. The van der Waals surface area contributed by atoms with E-state index in [0.29, 0.717) is 25.4 Å². The normalized spacial score (nSPS) is 21.2. The molecule has 1 saturated heterocycles. The van der Waals surface area contributed by atoms with Crippen LogP contribution in [0.2, 0.25) is 0 Å². The lowest BCUT2D eigenvalue weighted by Gasteiger charge is -2.29. The fourth-order valence-corrected chi connectivity index (χ4v) is 2.86. The standard InChI is InChI=1S/C20H25NO2/c1-3-7-17(8-4-1)14-22-16-19-11-12-20(13-21-19)23-15-18-9-5-2-6-10-18/h1-10,19-21H,11-16H2/t19-,20-/m1/s1. The zero-order chi connectivity index (χ0) is 15.7. The van der Waals surface area contributed by atoms with Crippen molar-refractivity contribution in [1.82, 2.24) is 5.32 Å². The molecule has 0 bridgehead atoms. The molecule has 3 rings (SSSR count). The van der Waals surface area contributed by atoms with E-state index in [1.165, 1.54) is 11.1 Å². The molecule has 2 atom stereocenters. The molecule has 0 radical (unpaired) electrons. The molecule has 1 aliphatic heterocycles. The molecule has 2 aromatic rings. The van der Waals surface area contributed by atoms with Crippen LogP contribution in [0.4, 0.5) is 0 Å². The third kappa shape index (κ3) is 5.47. The van der Waals surface area contributed by atoms with Gasteiger partial charge in [-0.2, -0.15) is 0 Å².